The topological polar surface area (TPSA) is 93.7 Å². The lowest BCUT2D eigenvalue weighted by atomic mass is 10.0. The van der Waals surface area contributed by atoms with Crippen LogP contribution in [-0.2, 0) is 0 Å². The van der Waals surface area contributed by atoms with E-state index in [-0.39, 0.29) is 17.7 Å². The molecule has 0 aliphatic heterocycles. The van der Waals surface area contributed by atoms with Crippen LogP contribution in [0.3, 0.4) is 0 Å². The zero-order chi connectivity index (χ0) is 12.1. The second-order valence-corrected chi connectivity index (χ2v) is 3.30. The van der Waals surface area contributed by atoms with Crippen molar-refractivity contribution >= 4 is 0 Å². The third-order valence-corrected chi connectivity index (χ3v) is 2.20. The Morgan fingerprint density at radius 3 is 2.69 bits per heavy atom. The molecule has 0 fully saturated rings. The maximum Gasteiger partial charge on any atom is 0.125 e. The number of nitrogens with zero attached hydrogens (tertiary/aromatic N) is 1. The minimum atomic E-state index is -1.26. The predicted octanol–water partition coefficient (Wildman–Crippen LogP) is 0.709. The maximum atomic E-state index is 9.76. The minimum Gasteiger partial charge on any atom is -0.508 e. The Bertz CT molecular complexity index is 399. The average molecular weight is 223 g/mol. The fraction of sp³-hybridized carbons (Fsp3) is 0.364. The number of rotatable bonds is 4. The average Bonchev–Trinajstić information content (AvgIpc) is 2.28. The first kappa shape index (κ1) is 12.3. The summed E-state index contributed by atoms with van der Waals surface area (Å²) in [5.74, 6) is 0.307. The zero-order valence-corrected chi connectivity index (χ0v) is 8.79. The van der Waals surface area contributed by atoms with E-state index in [9.17, 15) is 15.3 Å². The second-order valence-electron chi connectivity index (χ2n) is 3.30. The van der Waals surface area contributed by atoms with E-state index < -0.39 is 12.2 Å². The van der Waals surface area contributed by atoms with Gasteiger partial charge in [-0.2, -0.15) is 5.26 Å². The van der Waals surface area contributed by atoms with Gasteiger partial charge in [0.25, 0.3) is 0 Å². The van der Waals surface area contributed by atoms with Gasteiger partial charge in [-0.15, -0.1) is 0 Å². The van der Waals surface area contributed by atoms with Crippen molar-refractivity contribution in [3.63, 3.8) is 0 Å². The third kappa shape index (κ3) is 2.63. The Kier molecular flexibility index (Phi) is 4.11. The summed E-state index contributed by atoms with van der Waals surface area (Å²) in [6.07, 6.45) is -2.66. The van der Waals surface area contributed by atoms with E-state index in [0.29, 0.717) is 5.75 Å². The highest BCUT2D eigenvalue weighted by molar-refractivity contribution is 5.41. The summed E-state index contributed by atoms with van der Waals surface area (Å²) in [5.41, 5.74) is 0.255. The second kappa shape index (κ2) is 5.35. The predicted molar refractivity (Wildman–Crippen MR) is 55.9 cm³/mol. The van der Waals surface area contributed by atoms with Gasteiger partial charge in [-0.25, -0.2) is 0 Å². The number of aliphatic hydroxyl groups is 2. The zero-order valence-electron chi connectivity index (χ0n) is 8.79. The van der Waals surface area contributed by atoms with Gasteiger partial charge in [0.1, 0.15) is 17.6 Å². The Morgan fingerprint density at radius 1 is 1.44 bits per heavy atom. The molecule has 86 valence electrons. The smallest absolute Gasteiger partial charge is 0.125 e. The first-order valence-corrected chi connectivity index (χ1v) is 4.70. The molecule has 0 aliphatic carbocycles. The summed E-state index contributed by atoms with van der Waals surface area (Å²) >= 11 is 0. The molecule has 0 aliphatic rings. The molecule has 1 rings (SSSR count). The van der Waals surface area contributed by atoms with E-state index in [2.05, 4.69) is 0 Å². The largest absolute Gasteiger partial charge is 0.508 e. The molecular formula is C11H13NO4. The summed E-state index contributed by atoms with van der Waals surface area (Å²) in [5, 5.41) is 36.9. The van der Waals surface area contributed by atoms with E-state index in [4.69, 9.17) is 10.00 Å². The SMILES string of the molecule is COc1ccc(O)cc1C(O)C(O)CC#N. The number of aliphatic hydroxyl groups excluding tert-OH is 2. The van der Waals surface area contributed by atoms with Gasteiger partial charge in [0, 0.05) is 5.56 Å². The third-order valence-electron chi connectivity index (χ3n) is 2.20. The Hall–Kier alpha value is -1.77. The Labute approximate surface area is 93.1 Å². The van der Waals surface area contributed by atoms with E-state index in [1.54, 1.807) is 6.07 Å². The number of phenolic OH excluding ortho intramolecular Hbond substituents is 1. The summed E-state index contributed by atoms with van der Waals surface area (Å²) in [6, 6.07) is 5.94. The monoisotopic (exact) mass is 223 g/mol. The summed E-state index contributed by atoms with van der Waals surface area (Å²) in [6.45, 7) is 0. The molecule has 2 unspecified atom stereocenters. The van der Waals surface area contributed by atoms with Crippen molar-refractivity contribution in [2.24, 2.45) is 0 Å². The molecule has 3 N–H and O–H groups in total. The minimum absolute atomic E-state index is 0.0426. The number of phenols is 1. The highest BCUT2D eigenvalue weighted by Crippen LogP contribution is 2.31. The number of aromatic hydroxyl groups is 1. The number of methoxy groups -OCH3 is 1. The first-order valence-electron chi connectivity index (χ1n) is 4.70. The molecule has 1 aromatic rings. The molecule has 0 saturated carbocycles. The molecule has 0 heterocycles. The Morgan fingerprint density at radius 2 is 2.12 bits per heavy atom. The lowest BCUT2D eigenvalue weighted by molar-refractivity contribution is 0.0201. The van der Waals surface area contributed by atoms with Crippen LogP contribution in [0, 0.1) is 11.3 Å². The number of nitriles is 1. The fourth-order valence-electron chi connectivity index (χ4n) is 1.37. The van der Waals surface area contributed by atoms with Crippen molar-refractivity contribution in [2.75, 3.05) is 7.11 Å². The summed E-state index contributed by atoms with van der Waals surface area (Å²) in [7, 11) is 1.42. The van der Waals surface area contributed by atoms with Gasteiger partial charge in [-0.1, -0.05) is 0 Å². The van der Waals surface area contributed by atoms with Crippen LogP contribution in [0.25, 0.3) is 0 Å². The van der Waals surface area contributed by atoms with Crippen LogP contribution < -0.4 is 4.74 Å². The molecule has 0 saturated heterocycles. The van der Waals surface area contributed by atoms with Crippen LogP contribution in [0.1, 0.15) is 18.1 Å². The summed E-state index contributed by atoms with van der Waals surface area (Å²) < 4.78 is 4.98. The molecule has 0 amide bonds. The maximum absolute atomic E-state index is 9.76. The molecule has 2 atom stereocenters. The van der Waals surface area contributed by atoms with E-state index >= 15 is 0 Å². The van der Waals surface area contributed by atoms with E-state index in [1.807, 2.05) is 0 Å². The van der Waals surface area contributed by atoms with Crippen LogP contribution in [0.5, 0.6) is 11.5 Å². The lowest BCUT2D eigenvalue weighted by Crippen LogP contribution is -2.18. The van der Waals surface area contributed by atoms with Crippen molar-refractivity contribution in [1.29, 1.82) is 5.26 Å². The van der Waals surface area contributed by atoms with Crippen LogP contribution in [0.15, 0.2) is 18.2 Å². The van der Waals surface area contributed by atoms with Crippen LogP contribution in [-0.4, -0.2) is 28.5 Å². The molecule has 1 aromatic carbocycles. The van der Waals surface area contributed by atoms with Gasteiger partial charge in [-0.3, -0.25) is 0 Å². The van der Waals surface area contributed by atoms with Gasteiger partial charge < -0.3 is 20.1 Å². The number of hydrogen-bond acceptors (Lipinski definition) is 5. The van der Waals surface area contributed by atoms with Crippen molar-refractivity contribution in [1.82, 2.24) is 0 Å². The van der Waals surface area contributed by atoms with Crippen molar-refractivity contribution < 1.29 is 20.1 Å². The highest BCUT2D eigenvalue weighted by Gasteiger charge is 2.22. The molecular weight excluding hydrogens is 210 g/mol. The molecule has 5 nitrogen and oxygen atoms in total. The number of hydrogen-bond donors (Lipinski definition) is 3. The van der Waals surface area contributed by atoms with Gasteiger partial charge in [0.05, 0.1) is 25.7 Å². The molecule has 0 spiro atoms. The summed E-state index contributed by atoms with van der Waals surface area (Å²) in [4.78, 5) is 0. The lowest BCUT2D eigenvalue weighted by Gasteiger charge is -2.18. The molecule has 0 radical (unpaired) electrons. The van der Waals surface area contributed by atoms with E-state index in [1.165, 1.54) is 25.3 Å². The van der Waals surface area contributed by atoms with Gasteiger partial charge in [0.2, 0.25) is 0 Å². The van der Waals surface area contributed by atoms with Crippen molar-refractivity contribution in [3.05, 3.63) is 23.8 Å². The van der Waals surface area contributed by atoms with Gasteiger partial charge in [0.15, 0.2) is 0 Å². The van der Waals surface area contributed by atoms with Crippen LogP contribution in [0.4, 0.5) is 0 Å². The number of ether oxygens (including phenoxy) is 1. The first-order chi connectivity index (χ1) is 7.60. The molecule has 5 heteroatoms. The van der Waals surface area contributed by atoms with Gasteiger partial charge in [-0.05, 0) is 18.2 Å². The fourth-order valence-corrected chi connectivity index (χ4v) is 1.37. The van der Waals surface area contributed by atoms with Crippen molar-refractivity contribution in [3.8, 4) is 17.6 Å². The van der Waals surface area contributed by atoms with Crippen LogP contribution in [0.2, 0.25) is 0 Å². The Balaban J connectivity index is 3.01. The van der Waals surface area contributed by atoms with Crippen molar-refractivity contribution in [2.45, 2.75) is 18.6 Å². The number of benzene rings is 1. The highest BCUT2D eigenvalue weighted by atomic mass is 16.5. The quantitative estimate of drug-likeness (QED) is 0.698. The van der Waals surface area contributed by atoms with E-state index in [0.717, 1.165) is 0 Å². The molecule has 0 bridgehead atoms. The normalized spacial score (nSPS) is 13.9. The molecule has 0 aromatic heterocycles. The molecule has 16 heavy (non-hydrogen) atoms. The standard InChI is InChI=1S/C11H13NO4/c1-16-10-3-2-7(13)6-8(10)11(15)9(14)4-5-12/h2-3,6,9,11,13-15H,4H2,1H3. The van der Waals surface area contributed by atoms with Crippen LogP contribution >= 0.6 is 0 Å². The van der Waals surface area contributed by atoms with Gasteiger partial charge >= 0.3 is 0 Å².